The number of nitrogens with one attached hydrogen (secondary N) is 1. The zero-order chi connectivity index (χ0) is 8.53. The van der Waals surface area contributed by atoms with Gasteiger partial charge in [0, 0.05) is 6.61 Å². The molecule has 0 aromatic rings. The molecule has 0 spiro atoms. The first-order valence-electron chi connectivity index (χ1n) is 4.57. The van der Waals surface area contributed by atoms with Crippen molar-refractivity contribution in [3.8, 4) is 0 Å². The first-order valence-corrected chi connectivity index (χ1v) is 4.57. The van der Waals surface area contributed by atoms with Crippen molar-refractivity contribution in [2.75, 3.05) is 20.2 Å². The molecule has 68 valence electrons. The van der Waals surface area contributed by atoms with E-state index >= 15 is 0 Å². The molecule has 0 heterocycles. The SMILES string of the molecule is CCC(C)OCCCCNC. The van der Waals surface area contributed by atoms with Crippen molar-refractivity contribution < 1.29 is 4.74 Å². The van der Waals surface area contributed by atoms with Crippen LogP contribution in [0.3, 0.4) is 0 Å². The summed E-state index contributed by atoms with van der Waals surface area (Å²) < 4.78 is 5.51. The Morgan fingerprint density at radius 1 is 1.36 bits per heavy atom. The number of hydrogen-bond acceptors (Lipinski definition) is 2. The Balaban J connectivity index is 2.89. The van der Waals surface area contributed by atoms with Crippen molar-refractivity contribution in [1.82, 2.24) is 5.32 Å². The molecular formula is C9H21NO. The molecule has 2 nitrogen and oxygen atoms in total. The Labute approximate surface area is 70.3 Å². The third-order valence-electron chi connectivity index (χ3n) is 1.80. The van der Waals surface area contributed by atoms with Crippen LogP contribution in [0.15, 0.2) is 0 Å². The summed E-state index contributed by atoms with van der Waals surface area (Å²) >= 11 is 0. The lowest BCUT2D eigenvalue weighted by atomic mass is 10.3. The summed E-state index contributed by atoms with van der Waals surface area (Å²) in [7, 11) is 1.98. The molecule has 0 aliphatic rings. The maximum absolute atomic E-state index is 5.51. The Morgan fingerprint density at radius 2 is 2.09 bits per heavy atom. The highest BCUT2D eigenvalue weighted by molar-refractivity contribution is 4.46. The minimum Gasteiger partial charge on any atom is -0.379 e. The molecule has 0 rings (SSSR count). The molecule has 0 radical (unpaired) electrons. The zero-order valence-electron chi connectivity index (χ0n) is 8.02. The van der Waals surface area contributed by atoms with Gasteiger partial charge < -0.3 is 10.1 Å². The molecule has 0 aliphatic carbocycles. The van der Waals surface area contributed by atoms with E-state index in [-0.39, 0.29) is 0 Å². The van der Waals surface area contributed by atoms with Gasteiger partial charge in [0.2, 0.25) is 0 Å². The van der Waals surface area contributed by atoms with Crippen LogP contribution in [0.4, 0.5) is 0 Å². The Hall–Kier alpha value is -0.0800. The summed E-state index contributed by atoms with van der Waals surface area (Å²) in [6, 6.07) is 0. The molecule has 11 heavy (non-hydrogen) atoms. The first-order chi connectivity index (χ1) is 5.31. The predicted molar refractivity (Wildman–Crippen MR) is 48.9 cm³/mol. The van der Waals surface area contributed by atoms with Gasteiger partial charge in [-0.2, -0.15) is 0 Å². The lowest BCUT2D eigenvalue weighted by Crippen LogP contribution is -2.11. The van der Waals surface area contributed by atoms with Crippen LogP contribution in [0.25, 0.3) is 0 Å². The quantitative estimate of drug-likeness (QED) is 0.572. The number of ether oxygens (including phenoxy) is 1. The van der Waals surface area contributed by atoms with E-state index in [2.05, 4.69) is 19.2 Å². The Bertz CT molecular complexity index is 76.0. The molecule has 0 saturated heterocycles. The highest BCUT2D eigenvalue weighted by atomic mass is 16.5. The molecule has 1 unspecified atom stereocenters. The monoisotopic (exact) mass is 159 g/mol. The van der Waals surface area contributed by atoms with E-state index in [0.717, 1.165) is 19.6 Å². The average Bonchev–Trinajstić information content (AvgIpc) is 2.04. The summed E-state index contributed by atoms with van der Waals surface area (Å²) in [5, 5.41) is 3.11. The predicted octanol–water partition coefficient (Wildman–Crippen LogP) is 1.80. The van der Waals surface area contributed by atoms with E-state index < -0.39 is 0 Å². The van der Waals surface area contributed by atoms with Crippen molar-refractivity contribution in [3.63, 3.8) is 0 Å². The smallest absolute Gasteiger partial charge is 0.0544 e. The van der Waals surface area contributed by atoms with Gasteiger partial charge in [0.05, 0.1) is 6.10 Å². The topological polar surface area (TPSA) is 21.3 Å². The molecule has 0 aromatic carbocycles. The normalized spacial score (nSPS) is 13.4. The number of rotatable bonds is 7. The molecule has 1 N–H and O–H groups in total. The van der Waals surface area contributed by atoms with Crippen LogP contribution in [-0.2, 0) is 4.74 Å². The lowest BCUT2D eigenvalue weighted by Gasteiger charge is -2.09. The molecule has 0 fully saturated rings. The fourth-order valence-electron chi connectivity index (χ4n) is 0.806. The van der Waals surface area contributed by atoms with Gasteiger partial charge in [-0.1, -0.05) is 6.92 Å². The van der Waals surface area contributed by atoms with E-state index in [1.54, 1.807) is 0 Å². The van der Waals surface area contributed by atoms with Crippen LogP contribution >= 0.6 is 0 Å². The first kappa shape index (κ1) is 10.9. The van der Waals surface area contributed by atoms with Gasteiger partial charge in [0.1, 0.15) is 0 Å². The highest BCUT2D eigenvalue weighted by Crippen LogP contribution is 1.97. The van der Waals surface area contributed by atoms with E-state index in [0.29, 0.717) is 6.10 Å². The molecule has 0 aromatic heterocycles. The van der Waals surface area contributed by atoms with Crippen LogP contribution in [0, 0.1) is 0 Å². The van der Waals surface area contributed by atoms with Gasteiger partial charge in [-0.25, -0.2) is 0 Å². The molecule has 2 heteroatoms. The molecule has 0 aliphatic heterocycles. The van der Waals surface area contributed by atoms with E-state index in [4.69, 9.17) is 4.74 Å². The van der Waals surface area contributed by atoms with Crippen molar-refractivity contribution in [2.45, 2.75) is 39.2 Å². The summed E-state index contributed by atoms with van der Waals surface area (Å²) in [5.41, 5.74) is 0. The fourth-order valence-corrected chi connectivity index (χ4v) is 0.806. The number of hydrogen-bond donors (Lipinski definition) is 1. The second-order valence-corrected chi connectivity index (χ2v) is 2.90. The summed E-state index contributed by atoms with van der Waals surface area (Å²) in [5.74, 6) is 0. The van der Waals surface area contributed by atoms with Crippen LogP contribution in [0.2, 0.25) is 0 Å². The van der Waals surface area contributed by atoms with E-state index in [1.165, 1.54) is 12.8 Å². The average molecular weight is 159 g/mol. The highest BCUT2D eigenvalue weighted by Gasteiger charge is 1.96. The van der Waals surface area contributed by atoms with Crippen LogP contribution in [0.5, 0.6) is 0 Å². The maximum atomic E-state index is 5.51. The third kappa shape index (κ3) is 7.82. The zero-order valence-corrected chi connectivity index (χ0v) is 8.02. The Kier molecular flexibility index (Phi) is 7.96. The second kappa shape index (κ2) is 8.02. The third-order valence-corrected chi connectivity index (χ3v) is 1.80. The van der Waals surface area contributed by atoms with Crippen molar-refractivity contribution in [2.24, 2.45) is 0 Å². The molecule has 1 atom stereocenters. The fraction of sp³-hybridized carbons (Fsp3) is 1.00. The molecule has 0 saturated carbocycles. The van der Waals surface area contributed by atoms with Gasteiger partial charge in [0.25, 0.3) is 0 Å². The van der Waals surface area contributed by atoms with E-state index in [1.807, 2.05) is 7.05 Å². The number of unbranched alkanes of at least 4 members (excludes halogenated alkanes) is 1. The van der Waals surface area contributed by atoms with E-state index in [9.17, 15) is 0 Å². The van der Waals surface area contributed by atoms with Crippen LogP contribution < -0.4 is 5.32 Å². The summed E-state index contributed by atoms with van der Waals surface area (Å²) in [4.78, 5) is 0. The molecule has 0 bridgehead atoms. The van der Waals surface area contributed by atoms with Gasteiger partial charge in [-0.05, 0) is 39.8 Å². The van der Waals surface area contributed by atoms with Crippen molar-refractivity contribution >= 4 is 0 Å². The lowest BCUT2D eigenvalue weighted by molar-refractivity contribution is 0.0612. The largest absolute Gasteiger partial charge is 0.379 e. The maximum Gasteiger partial charge on any atom is 0.0544 e. The summed E-state index contributed by atoms with van der Waals surface area (Å²) in [6.07, 6.45) is 3.94. The summed E-state index contributed by atoms with van der Waals surface area (Å²) in [6.45, 7) is 6.29. The Morgan fingerprint density at radius 3 is 2.64 bits per heavy atom. The van der Waals surface area contributed by atoms with Crippen LogP contribution in [0.1, 0.15) is 33.1 Å². The minimum atomic E-state index is 0.435. The van der Waals surface area contributed by atoms with Gasteiger partial charge in [0.15, 0.2) is 0 Å². The minimum absolute atomic E-state index is 0.435. The van der Waals surface area contributed by atoms with Gasteiger partial charge >= 0.3 is 0 Å². The van der Waals surface area contributed by atoms with Crippen molar-refractivity contribution in [3.05, 3.63) is 0 Å². The second-order valence-electron chi connectivity index (χ2n) is 2.90. The van der Waals surface area contributed by atoms with Crippen LogP contribution in [-0.4, -0.2) is 26.3 Å². The molecular weight excluding hydrogens is 138 g/mol. The van der Waals surface area contributed by atoms with Crippen molar-refractivity contribution in [1.29, 1.82) is 0 Å². The van der Waals surface area contributed by atoms with Gasteiger partial charge in [-0.15, -0.1) is 0 Å². The van der Waals surface area contributed by atoms with Gasteiger partial charge in [-0.3, -0.25) is 0 Å². The molecule has 0 amide bonds. The standard InChI is InChI=1S/C9H21NO/c1-4-9(2)11-8-6-5-7-10-3/h9-10H,4-8H2,1-3H3.